The predicted molar refractivity (Wildman–Crippen MR) is 201 cm³/mol. The van der Waals surface area contributed by atoms with Crippen LogP contribution in [0.5, 0.6) is 0 Å². The van der Waals surface area contributed by atoms with Crippen LogP contribution in [0.4, 0.5) is 0 Å². The summed E-state index contributed by atoms with van der Waals surface area (Å²) >= 11 is 0. The topological polar surface area (TPSA) is 35.6 Å². The van der Waals surface area contributed by atoms with Gasteiger partial charge in [-0.3, -0.25) is 0 Å². The molecule has 0 bridgehead atoms. The van der Waals surface area contributed by atoms with E-state index in [1.54, 1.807) is 0 Å². The molecule has 4 aromatic carbocycles. The lowest BCUT2D eigenvalue weighted by molar-refractivity contribution is 0.591. The monoisotopic (exact) mass is 632 g/mol. The highest BCUT2D eigenvalue weighted by atomic mass is 15.1. The van der Waals surface area contributed by atoms with Gasteiger partial charge in [0, 0.05) is 28.9 Å². The van der Waals surface area contributed by atoms with Crippen LogP contribution in [0.15, 0.2) is 182 Å². The normalized spacial score (nSPS) is 11.5. The average molecular weight is 633 g/mol. The third-order valence-corrected chi connectivity index (χ3v) is 9.28. The van der Waals surface area contributed by atoms with E-state index in [2.05, 4.69) is 205 Å². The van der Waals surface area contributed by atoms with Crippen LogP contribution in [-0.2, 0) is 5.41 Å². The third-order valence-electron chi connectivity index (χ3n) is 9.28. The summed E-state index contributed by atoms with van der Waals surface area (Å²) in [6.45, 7) is 4.41. The molecule has 8 rings (SSSR count). The minimum absolute atomic E-state index is 0.476. The molecule has 0 saturated heterocycles. The Hall–Kier alpha value is -6.26. The lowest BCUT2D eigenvalue weighted by atomic mass is 9.84. The molecule has 0 radical (unpaired) electrons. The van der Waals surface area contributed by atoms with Crippen molar-refractivity contribution in [2.24, 2.45) is 0 Å². The fraction of sp³-hybridized carbons (Fsp3) is 0.0667. The second-order valence-electron chi connectivity index (χ2n) is 12.7. The Morgan fingerprint density at radius 2 is 0.714 bits per heavy atom. The van der Waals surface area contributed by atoms with Crippen LogP contribution in [0.3, 0.4) is 0 Å². The minimum Gasteiger partial charge on any atom is -0.301 e. The Kier molecular flexibility index (Phi) is 7.83. The molecule has 0 spiro atoms. The maximum Gasteiger partial charge on any atom is 0.137 e. The van der Waals surface area contributed by atoms with Crippen LogP contribution in [0.1, 0.15) is 25.2 Å². The number of rotatable bonds is 8. The highest BCUT2D eigenvalue weighted by Gasteiger charge is 2.28. The summed E-state index contributed by atoms with van der Waals surface area (Å²) in [5.74, 6) is 1.74. The van der Waals surface area contributed by atoms with Crippen molar-refractivity contribution < 1.29 is 0 Å². The molecule has 0 aliphatic rings. The molecule has 8 aromatic rings. The quantitative estimate of drug-likeness (QED) is 0.167. The van der Waals surface area contributed by atoms with Gasteiger partial charge >= 0.3 is 0 Å². The van der Waals surface area contributed by atoms with Gasteiger partial charge in [0.05, 0.1) is 22.8 Å². The molecule has 0 atom stereocenters. The Bertz CT molecular complexity index is 2170. The van der Waals surface area contributed by atoms with Crippen LogP contribution in [0, 0.1) is 0 Å². The first-order valence-corrected chi connectivity index (χ1v) is 16.7. The number of hydrogen-bond donors (Lipinski definition) is 0. The molecular formula is C45H36N4. The number of aromatic nitrogens is 4. The standard InChI is InChI=1S/C45H36N4/c1-45(2,39-25-15-27-41(46-39)48-31-29-37(33-17-7-3-8-18-33)43(48)35-21-11-5-12-22-35)40-26-16-28-42(47-40)49-32-30-38(34-19-9-4-10-20-34)44(49)36-23-13-6-14-24-36/h3-32H,1-2H3. The minimum atomic E-state index is -0.476. The van der Waals surface area contributed by atoms with Gasteiger partial charge in [-0.2, -0.15) is 0 Å². The van der Waals surface area contributed by atoms with E-state index in [1.165, 1.54) is 22.3 Å². The zero-order valence-electron chi connectivity index (χ0n) is 27.6. The van der Waals surface area contributed by atoms with Crippen LogP contribution >= 0.6 is 0 Å². The molecular weight excluding hydrogens is 597 g/mol. The van der Waals surface area contributed by atoms with Crippen molar-refractivity contribution in [3.05, 3.63) is 194 Å². The molecule has 0 N–H and O–H groups in total. The molecule has 49 heavy (non-hydrogen) atoms. The molecule has 4 heteroatoms. The molecule has 0 aliphatic heterocycles. The van der Waals surface area contributed by atoms with E-state index in [1.807, 2.05) is 0 Å². The Morgan fingerprint density at radius 3 is 1.08 bits per heavy atom. The SMILES string of the molecule is CC(C)(c1cccc(-n2ccc(-c3ccccc3)c2-c2ccccc2)n1)c1cccc(-n2ccc(-c3ccccc3)c2-c2ccccc2)n1. The first-order chi connectivity index (χ1) is 24.1. The summed E-state index contributed by atoms with van der Waals surface area (Å²) in [4.78, 5) is 10.6. The van der Waals surface area contributed by atoms with Gasteiger partial charge < -0.3 is 9.13 Å². The second-order valence-corrected chi connectivity index (χ2v) is 12.7. The number of hydrogen-bond acceptors (Lipinski definition) is 2. The second kappa shape index (κ2) is 12.7. The van der Waals surface area contributed by atoms with Gasteiger partial charge in [-0.05, 0) is 72.5 Å². The smallest absolute Gasteiger partial charge is 0.137 e. The molecule has 4 heterocycles. The van der Waals surface area contributed by atoms with E-state index in [0.717, 1.165) is 45.5 Å². The number of nitrogens with zero attached hydrogens (tertiary/aromatic N) is 4. The summed E-state index contributed by atoms with van der Waals surface area (Å²) in [5, 5.41) is 0. The highest BCUT2D eigenvalue weighted by molar-refractivity contribution is 5.84. The van der Waals surface area contributed by atoms with Crippen LogP contribution in [0.25, 0.3) is 56.4 Å². The van der Waals surface area contributed by atoms with Crippen LogP contribution in [0.2, 0.25) is 0 Å². The van der Waals surface area contributed by atoms with E-state index < -0.39 is 5.41 Å². The zero-order chi connectivity index (χ0) is 33.2. The molecule has 236 valence electrons. The largest absolute Gasteiger partial charge is 0.301 e. The molecule has 0 aliphatic carbocycles. The summed E-state index contributed by atoms with van der Waals surface area (Å²) < 4.78 is 4.41. The maximum atomic E-state index is 5.31. The van der Waals surface area contributed by atoms with E-state index in [-0.39, 0.29) is 0 Å². The molecule has 4 nitrogen and oxygen atoms in total. The Balaban J connectivity index is 1.21. The van der Waals surface area contributed by atoms with Crippen molar-refractivity contribution in [1.82, 2.24) is 19.1 Å². The van der Waals surface area contributed by atoms with Crippen molar-refractivity contribution in [1.29, 1.82) is 0 Å². The fourth-order valence-electron chi connectivity index (χ4n) is 6.67. The maximum absolute atomic E-state index is 5.31. The van der Waals surface area contributed by atoms with Gasteiger partial charge in [0.2, 0.25) is 0 Å². The summed E-state index contributed by atoms with van der Waals surface area (Å²) in [6, 6.07) is 59.2. The molecule has 0 saturated carbocycles. The lowest BCUT2D eigenvalue weighted by Gasteiger charge is -2.25. The van der Waals surface area contributed by atoms with Gasteiger partial charge in [0.25, 0.3) is 0 Å². The molecule has 4 aromatic heterocycles. The molecule has 0 amide bonds. The predicted octanol–water partition coefficient (Wildman–Crippen LogP) is 11.1. The van der Waals surface area contributed by atoms with Gasteiger partial charge in [0.1, 0.15) is 11.6 Å². The van der Waals surface area contributed by atoms with Gasteiger partial charge in [0.15, 0.2) is 0 Å². The molecule has 0 unspecified atom stereocenters. The van der Waals surface area contributed by atoms with Crippen LogP contribution in [-0.4, -0.2) is 19.1 Å². The fourth-order valence-corrected chi connectivity index (χ4v) is 6.67. The van der Waals surface area contributed by atoms with Crippen molar-refractivity contribution >= 4 is 0 Å². The van der Waals surface area contributed by atoms with Gasteiger partial charge in [-0.25, -0.2) is 9.97 Å². The van der Waals surface area contributed by atoms with E-state index >= 15 is 0 Å². The first kappa shape index (κ1) is 30.1. The summed E-state index contributed by atoms with van der Waals surface area (Å²) in [5.41, 5.74) is 10.6. The average Bonchev–Trinajstić information content (AvgIpc) is 3.83. The van der Waals surface area contributed by atoms with Crippen molar-refractivity contribution in [2.75, 3.05) is 0 Å². The van der Waals surface area contributed by atoms with E-state index in [4.69, 9.17) is 9.97 Å². The van der Waals surface area contributed by atoms with Gasteiger partial charge in [-0.1, -0.05) is 133 Å². The van der Waals surface area contributed by atoms with Crippen molar-refractivity contribution in [2.45, 2.75) is 19.3 Å². The first-order valence-electron chi connectivity index (χ1n) is 16.7. The Morgan fingerprint density at radius 1 is 0.367 bits per heavy atom. The molecule has 0 fully saturated rings. The Labute approximate surface area is 287 Å². The zero-order valence-corrected chi connectivity index (χ0v) is 27.6. The van der Waals surface area contributed by atoms with E-state index in [9.17, 15) is 0 Å². The summed E-state index contributed by atoms with van der Waals surface area (Å²) in [7, 11) is 0. The number of pyridine rings is 2. The lowest BCUT2D eigenvalue weighted by Crippen LogP contribution is -2.23. The highest BCUT2D eigenvalue weighted by Crippen LogP contribution is 2.38. The van der Waals surface area contributed by atoms with E-state index in [0.29, 0.717) is 0 Å². The van der Waals surface area contributed by atoms with Gasteiger partial charge in [-0.15, -0.1) is 0 Å². The summed E-state index contributed by atoms with van der Waals surface area (Å²) in [6.07, 6.45) is 4.26. The van der Waals surface area contributed by atoms with Crippen molar-refractivity contribution in [3.63, 3.8) is 0 Å². The van der Waals surface area contributed by atoms with Crippen LogP contribution < -0.4 is 0 Å². The van der Waals surface area contributed by atoms with Crippen molar-refractivity contribution in [3.8, 4) is 56.4 Å². The third kappa shape index (κ3) is 5.68. The number of benzene rings is 4.